The predicted octanol–water partition coefficient (Wildman–Crippen LogP) is 10.6. The number of aromatic nitrogens is 2. The van der Waals surface area contributed by atoms with Gasteiger partial charge in [0, 0.05) is 40.1 Å². The van der Waals surface area contributed by atoms with Crippen LogP contribution < -0.4 is 14.2 Å². The maximum absolute atomic E-state index is 14.6. The number of aliphatic carboxylic acids is 2. The monoisotopic (exact) mass is 796 g/mol. The van der Waals surface area contributed by atoms with Crippen molar-refractivity contribution in [3.63, 3.8) is 0 Å². The van der Waals surface area contributed by atoms with Gasteiger partial charge < -0.3 is 24.4 Å². The van der Waals surface area contributed by atoms with Gasteiger partial charge in [-0.05, 0) is 82.6 Å². The number of hydrogen-bond acceptors (Lipinski definition) is 9. The van der Waals surface area contributed by atoms with E-state index in [1.165, 1.54) is 54.6 Å². The Morgan fingerprint density at radius 2 is 1.38 bits per heavy atom. The zero-order valence-corrected chi connectivity index (χ0v) is 34.0. The molecule has 6 aromatic rings. The summed E-state index contributed by atoms with van der Waals surface area (Å²) >= 11 is 2.89. The lowest BCUT2D eigenvalue weighted by Crippen LogP contribution is -2.11. The van der Waals surface area contributed by atoms with Crippen molar-refractivity contribution in [1.82, 2.24) is 9.97 Å². The molecule has 0 radical (unpaired) electrons. The molecule has 2 aromatic heterocycles. The number of rotatable bonds is 13. The van der Waals surface area contributed by atoms with Crippen LogP contribution in [0.25, 0.3) is 22.3 Å². The number of methoxy groups -OCH3 is 3. The van der Waals surface area contributed by atoms with Crippen molar-refractivity contribution in [1.29, 1.82) is 0 Å². The molecular weight excluding hydrogens is 752 g/mol. The van der Waals surface area contributed by atoms with E-state index in [-0.39, 0.29) is 24.2 Å². The summed E-state index contributed by atoms with van der Waals surface area (Å²) in [5.74, 6) is -1.22. The smallest absolute Gasteiger partial charge is 0.304 e. The topological polar surface area (TPSA) is 128 Å². The highest BCUT2D eigenvalue weighted by molar-refractivity contribution is 7.11. The molecule has 56 heavy (non-hydrogen) atoms. The first-order valence-electron chi connectivity index (χ1n) is 17.8. The highest BCUT2D eigenvalue weighted by Gasteiger charge is 2.25. The zero-order chi connectivity index (χ0) is 40.6. The summed E-state index contributed by atoms with van der Waals surface area (Å²) in [6.07, 6.45) is 3.24. The quantitative estimate of drug-likeness (QED) is 0.117. The average Bonchev–Trinajstić information content (AvgIpc) is 3.87. The minimum atomic E-state index is -0.974. The predicted molar refractivity (Wildman–Crippen MR) is 219 cm³/mol. The number of halogens is 1. The summed E-state index contributed by atoms with van der Waals surface area (Å²) in [7, 11) is 4.73. The first-order chi connectivity index (χ1) is 26.7. The fourth-order valence-corrected chi connectivity index (χ4v) is 8.07. The Kier molecular flexibility index (Phi) is 13.6. The number of ether oxygens (including phenoxy) is 3. The second-order valence-electron chi connectivity index (χ2n) is 14.1. The summed E-state index contributed by atoms with van der Waals surface area (Å²) in [4.78, 5) is 32.5. The van der Waals surface area contributed by atoms with E-state index in [4.69, 9.17) is 14.2 Å². The van der Waals surface area contributed by atoms with Crippen molar-refractivity contribution >= 4 is 34.6 Å². The number of nitrogens with zero attached hydrogens (tertiary/aromatic N) is 2. The number of benzene rings is 4. The number of thiazole rings is 2. The van der Waals surface area contributed by atoms with E-state index in [1.807, 2.05) is 36.6 Å². The van der Waals surface area contributed by atoms with Gasteiger partial charge in [0.25, 0.3) is 0 Å². The summed E-state index contributed by atoms with van der Waals surface area (Å²) in [5.41, 5.74) is 5.89. The van der Waals surface area contributed by atoms with Gasteiger partial charge in [0.15, 0.2) is 0 Å². The number of carboxylic acid groups (broad SMARTS) is 2. The van der Waals surface area contributed by atoms with Crippen LogP contribution in [-0.4, -0.2) is 53.4 Å². The maximum Gasteiger partial charge on any atom is 0.304 e. The highest BCUT2D eigenvalue weighted by atomic mass is 32.1. The first kappa shape index (κ1) is 41.6. The summed E-state index contributed by atoms with van der Waals surface area (Å²) in [6.45, 7) is 8.44. The molecule has 0 bridgehead atoms. The number of aryl methyl sites for hydroxylation is 1. The van der Waals surface area contributed by atoms with E-state index in [9.17, 15) is 24.2 Å². The Labute approximate surface area is 334 Å². The van der Waals surface area contributed by atoms with Gasteiger partial charge in [-0.3, -0.25) is 9.59 Å². The molecule has 12 heteroatoms. The third-order valence-electron chi connectivity index (χ3n) is 9.15. The second-order valence-corrected chi connectivity index (χ2v) is 16.3. The molecule has 4 aromatic carbocycles. The Bertz CT molecular complexity index is 2260. The van der Waals surface area contributed by atoms with Crippen molar-refractivity contribution < 1.29 is 38.4 Å². The number of carboxylic acids is 2. The molecule has 6 rings (SSSR count). The third-order valence-corrected chi connectivity index (χ3v) is 11.1. The summed E-state index contributed by atoms with van der Waals surface area (Å²) in [5, 5.41) is 22.1. The Morgan fingerprint density at radius 1 is 0.750 bits per heavy atom. The van der Waals surface area contributed by atoms with Crippen LogP contribution in [-0.2, 0) is 15.0 Å². The lowest BCUT2D eigenvalue weighted by molar-refractivity contribution is -0.138. The van der Waals surface area contributed by atoms with Crippen LogP contribution in [0, 0.1) is 12.7 Å². The van der Waals surface area contributed by atoms with E-state index in [0.29, 0.717) is 33.2 Å². The molecule has 9 nitrogen and oxygen atoms in total. The average molecular weight is 797 g/mol. The van der Waals surface area contributed by atoms with Gasteiger partial charge in [0.2, 0.25) is 0 Å². The molecule has 2 heterocycles. The molecule has 292 valence electrons. The van der Waals surface area contributed by atoms with Crippen LogP contribution in [0.3, 0.4) is 0 Å². The number of hydrogen-bond donors (Lipinski definition) is 2. The third kappa shape index (κ3) is 10.2. The molecule has 0 amide bonds. The molecular formula is C44H45FN2O7S2. The molecule has 0 aliphatic rings. The molecule has 0 spiro atoms. The van der Waals surface area contributed by atoms with E-state index >= 15 is 0 Å². The Hall–Kier alpha value is -5.59. The van der Waals surface area contributed by atoms with Crippen molar-refractivity contribution in [3.05, 3.63) is 134 Å². The first-order valence-corrected chi connectivity index (χ1v) is 19.5. The van der Waals surface area contributed by atoms with Gasteiger partial charge in [-0.15, -0.1) is 22.7 Å². The zero-order valence-electron chi connectivity index (χ0n) is 32.3. The Morgan fingerprint density at radius 3 is 1.93 bits per heavy atom. The largest absolute Gasteiger partial charge is 0.496 e. The van der Waals surface area contributed by atoms with Crippen molar-refractivity contribution in [3.8, 4) is 39.5 Å². The molecule has 0 saturated carbocycles. The van der Waals surface area contributed by atoms with Crippen LogP contribution in [0.5, 0.6) is 17.2 Å². The molecule has 1 unspecified atom stereocenters. The molecule has 2 N–H and O–H groups in total. The summed E-state index contributed by atoms with van der Waals surface area (Å²) in [6, 6.07) is 24.1. The van der Waals surface area contributed by atoms with Crippen LogP contribution >= 0.6 is 22.7 Å². The van der Waals surface area contributed by atoms with Crippen LogP contribution in [0.15, 0.2) is 96.6 Å². The van der Waals surface area contributed by atoms with Crippen molar-refractivity contribution in [2.45, 2.75) is 57.8 Å². The molecule has 0 saturated heterocycles. The molecule has 2 atom stereocenters. The minimum Gasteiger partial charge on any atom is -0.496 e. The van der Waals surface area contributed by atoms with Gasteiger partial charge >= 0.3 is 11.9 Å². The van der Waals surface area contributed by atoms with Crippen molar-refractivity contribution in [2.24, 2.45) is 0 Å². The van der Waals surface area contributed by atoms with Crippen LogP contribution in [0.2, 0.25) is 0 Å². The standard InChI is InChI=1S/C23H25NO3S.C21H20FNO4S/c1-23(2,3)17-8-9-20(27-4)18(13-17)15-6-5-7-16(12-15)19(14-21(25)26)22-24-10-11-28-22;1-12-11-23-21(28-12)16(10-19(24)25)13-7-14(9-15(22)8-13)20-17(26-2)5-4-6-18(20)27-3/h5-13,19H,14H2,1-4H3,(H,25,26);4-9,11,16H,10H2,1-3H3,(H,24,25)/t19-;/m0./s1. The molecule has 0 aliphatic carbocycles. The van der Waals surface area contributed by atoms with Gasteiger partial charge in [-0.2, -0.15) is 0 Å². The van der Waals surface area contributed by atoms with E-state index < -0.39 is 23.7 Å². The fraction of sp³-hybridized carbons (Fsp3) is 0.273. The second kappa shape index (κ2) is 18.4. The van der Waals surface area contributed by atoms with Gasteiger partial charge in [0.1, 0.15) is 33.1 Å². The highest BCUT2D eigenvalue weighted by Crippen LogP contribution is 2.42. The maximum atomic E-state index is 14.6. The summed E-state index contributed by atoms with van der Waals surface area (Å²) < 4.78 is 31.0. The van der Waals surface area contributed by atoms with Gasteiger partial charge in [-0.1, -0.05) is 57.2 Å². The van der Waals surface area contributed by atoms with Crippen molar-refractivity contribution in [2.75, 3.05) is 21.3 Å². The van der Waals surface area contributed by atoms with E-state index in [2.05, 4.69) is 48.9 Å². The van der Waals surface area contributed by atoms with Crippen LogP contribution in [0.1, 0.15) is 77.0 Å². The lowest BCUT2D eigenvalue weighted by atomic mass is 9.84. The Balaban J connectivity index is 0.000000214. The van der Waals surface area contributed by atoms with Crippen LogP contribution in [0.4, 0.5) is 4.39 Å². The normalized spacial score (nSPS) is 12.2. The van der Waals surface area contributed by atoms with E-state index in [0.717, 1.165) is 32.3 Å². The lowest BCUT2D eigenvalue weighted by Gasteiger charge is -2.21. The fourth-order valence-electron chi connectivity index (χ4n) is 6.40. The SMILES string of the molecule is COc1ccc(C(C)(C)C)cc1-c1cccc([C@H](CC(=O)O)c2nccs2)c1.COc1cccc(OC)c1-c1cc(F)cc(C(CC(=O)O)c2ncc(C)s2)c1. The van der Waals surface area contributed by atoms with Gasteiger partial charge in [-0.25, -0.2) is 14.4 Å². The van der Waals surface area contributed by atoms with E-state index in [1.54, 1.807) is 43.8 Å². The minimum absolute atomic E-state index is 0.0101. The molecule has 0 aliphatic heterocycles. The number of carbonyl (C=O) groups is 2. The van der Waals surface area contributed by atoms with Gasteiger partial charge in [0.05, 0.1) is 39.7 Å². The molecule has 0 fully saturated rings.